The predicted molar refractivity (Wildman–Crippen MR) is 131 cm³/mol. The van der Waals surface area contributed by atoms with Gasteiger partial charge in [0, 0.05) is 30.5 Å². The minimum atomic E-state index is -5.07. The number of carboxylic acid groups (broad SMARTS) is 1. The second-order valence-corrected chi connectivity index (χ2v) is 13.6. The lowest BCUT2D eigenvalue weighted by atomic mass is 9.63. The normalized spacial score (nSPS) is 30.9. The first-order valence-corrected chi connectivity index (χ1v) is 14.7. The number of rotatable bonds is 8. The number of ether oxygens (including phenoxy) is 1. The zero-order valence-corrected chi connectivity index (χ0v) is 22.9. The fraction of sp³-hybridized carbons (Fsp3) is 0.731. The minimum Gasteiger partial charge on any atom is -0.492 e. The van der Waals surface area contributed by atoms with Gasteiger partial charge < -0.3 is 14.7 Å². The summed E-state index contributed by atoms with van der Waals surface area (Å²) in [5.74, 6) is -8.32. The molecular formula is C26H32F7NO5S. The molecule has 5 rings (SSSR count). The summed E-state index contributed by atoms with van der Waals surface area (Å²) in [7, 11) is -5.01. The molecule has 1 aliphatic heterocycles. The molecule has 1 heterocycles. The van der Waals surface area contributed by atoms with Gasteiger partial charge >= 0.3 is 12.1 Å². The van der Waals surface area contributed by atoms with Crippen molar-refractivity contribution in [1.82, 2.24) is 0 Å². The van der Waals surface area contributed by atoms with Gasteiger partial charge in [0.1, 0.15) is 18.0 Å². The van der Waals surface area contributed by atoms with Gasteiger partial charge in [0.2, 0.25) is 21.3 Å². The van der Waals surface area contributed by atoms with Gasteiger partial charge in [-0.3, -0.25) is 4.79 Å². The Hall–Kier alpha value is -2.25. The molecule has 0 saturated heterocycles. The summed E-state index contributed by atoms with van der Waals surface area (Å²) in [4.78, 5) is 11.8. The average molecular weight is 604 g/mol. The summed E-state index contributed by atoms with van der Waals surface area (Å²) in [5, 5.41) is 9.10. The Morgan fingerprint density at radius 3 is 2.20 bits per heavy atom. The van der Waals surface area contributed by atoms with E-state index in [0.29, 0.717) is 19.1 Å². The Bertz CT molecular complexity index is 1220. The van der Waals surface area contributed by atoms with Gasteiger partial charge in [0.05, 0.1) is 22.1 Å². The van der Waals surface area contributed by atoms with Crippen molar-refractivity contribution in [1.29, 1.82) is 0 Å². The monoisotopic (exact) mass is 603 g/mol. The van der Waals surface area contributed by atoms with Crippen LogP contribution in [0.15, 0.2) is 17.0 Å². The molecule has 1 N–H and O–H groups in total. The molecule has 0 amide bonds. The number of fused-ring (bicyclic) bond motifs is 4. The number of carbonyl (C=O) groups is 1. The number of nitrogens with zero attached hydrogens (tertiary/aromatic N) is 1. The van der Waals surface area contributed by atoms with Crippen molar-refractivity contribution in [3.63, 3.8) is 0 Å². The number of carboxylic acids is 1. The molecule has 0 radical (unpaired) electrons. The first-order chi connectivity index (χ1) is 18.3. The van der Waals surface area contributed by atoms with E-state index in [9.17, 15) is 39.6 Å². The van der Waals surface area contributed by atoms with E-state index in [1.165, 1.54) is 11.8 Å². The van der Waals surface area contributed by atoms with Crippen molar-refractivity contribution < 1.29 is 53.8 Å². The van der Waals surface area contributed by atoms with E-state index >= 15 is 4.39 Å². The molecule has 0 aromatic heterocycles. The maximum atomic E-state index is 15.8. The van der Waals surface area contributed by atoms with Crippen LogP contribution in [0.2, 0.25) is 0 Å². The van der Waals surface area contributed by atoms with E-state index in [4.69, 9.17) is 9.84 Å². The molecule has 40 heavy (non-hydrogen) atoms. The van der Waals surface area contributed by atoms with E-state index in [-0.39, 0.29) is 38.5 Å². The van der Waals surface area contributed by atoms with Crippen LogP contribution >= 0.6 is 0 Å². The highest BCUT2D eigenvalue weighted by Crippen LogP contribution is 2.56. The number of aliphatic carboxylic acids is 1. The third kappa shape index (κ3) is 5.87. The molecule has 1 aromatic rings. The maximum Gasteiger partial charge on any atom is 0.420 e. The Morgan fingerprint density at radius 1 is 1.12 bits per heavy atom. The molecule has 1 aromatic carbocycles. The third-order valence-electron chi connectivity index (χ3n) is 8.60. The zero-order chi connectivity index (χ0) is 29.9. The topological polar surface area (TPSA) is 83.9 Å². The Balaban J connectivity index is 1.89. The summed E-state index contributed by atoms with van der Waals surface area (Å²) in [6.07, 6.45) is -5.68. The fourth-order valence-electron chi connectivity index (χ4n) is 6.04. The Labute approximate surface area is 227 Å². The lowest BCUT2D eigenvalue weighted by molar-refractivity contribution is -0.142. The zero-order valence-electron chi connectivity index (χ0n) is 22.0. The molecule has 3 fully saturated rings. The summed E-state index contributed by atoms with van der Waals surface area (Å²) >= 11 is 0. The highest BCUT2D eigenvalue weighted by molar-refractivity contribution is 7.92. The number of sulfone groups is 1. The van der Waals surface area contributed by atoms with Gasteiger partial charge in [-0.1, -0.05) is 0 Å². The van der Waals surface area contributed by atoms with Gasteiger partial charge in [0.25, 0.3) is 0 Å². The third-order valence-corrected chi connectivity index (χ3v) is 10.5. The van der Waals surface area contributed by atoms with E-state index in [2.05, 4.69) is 0 Å². The number of hydrogen-bond donors (Lipinski definition) is 1. The van der Waals surface area contributed by atoms with Crippen LogP contribution in [-0.2, 0) is 20.8 Å². The van der Waals surface area contributed by atoms with E-state index in [1.54, 1.807) is 0 Å². The molecule has 2 bridgehead atoms. The van der Waals surface area contributed by atoms with Gasteiger partial charge in [0.15, 0.2) is 0 Å². The van der Waals surface area contributed by atoms with Crippen LogP contribution in [0.4, 0.5) is 36.4 Å². The summed E-state index contributed by atoms with van der Waals surface area (Å²) in [6.45, 7) is 0.615. The number of benzene rings is 1. The predicted octanol–water partition coefficient (Wildman–Crippen LogP) is 6.56. The Kier molecular flexibility index (Phi) is 7.85. The summed E-state index contributed by atoms with van der Waals surface area (Å²) in [5.41, 5.74) is -6.96. The van der Waals surface area contributed by atoms with Gasteiger partial charge in [-0.2, -0.15) is 13.2 Å². The van der Waals surface area contributed by atoms with Gasteiger partial charge in [-0.25, -0.2) is 26.0 Å². The van der Waals surface area contributed by atoms with Crippen LogP contribution in [0.3, 0.4) is 0 Å². The highest BCUT2D eigenvalue weighted by Gasteiger charge is 2.55. The number of hydrogen-bond acceptors (Lipinski definition) is 5. The first-order valence-electron chi connectivity index (χ1n) is 13.1. The Morgan fingerprint density at radius 2 is 1.70 bits per heavy atom. The molecule has 3 saturated carbocycles. The number of alkyl halides is 7. The number of halogens is 7. The van der Waals surface area contributed by atoms with E-state index in [1.807, 2.05) is 0 Å². The lowest BCUT2D eigenvalue weighted by Crippen LogP contribution is -2.59. The van der Waals surface area contributed by atoms with E-state index in [0.717, 1.165) is 0 Å². The van der Waals surface area contributed by atoms with Crippen molar-refractivity contribution in [2.24, 2.45) is 11.8 Å². The van der Waals surface area contributed by atoms with Crippen LogP contribution in [0, 0.1) is 11.8 Å². The second kappa shape index (κ2) is 10.2. The fourth-order valence-corrected chi connectivity index (χ4v) is 7.74. The van der Waals surface area contributed by atoms with Crippen LogP contribution in [0.25, 0.3) is 0 Å². The standard InChI is InChI=1S/C26H32F7NO5S/c1-15(22(35)36)14-39-19-12-20-18(11-17(19)26(31,32)33)34(25-8-5-24(30,6-9-25)7-10-25)13-16(3-4-23(2,28)29)21(27)40(20,37)38/h11-12,15-16,21H,3-10,13-14H2,1-2H3,(H,35,36)/t15-,16-,21+,24?,25?/m1/s1. The highest BCUT2D eigenvalue weighted by atomic mass is 32.2. The van der Waals surface area contributed by atoms with Crippen LogP contribution < -0.4 is 9.64 Å². The molecular weight excluding hydrogens is 571 g/mol. The van der Waals surface area contributed by atoms with Gasteiger partial charge in [-0.05, 0) is 64.9 Å². The molecule has 14 heteroatoms. The van der Waals surface area contributed by atoms with Gasteiger partial charge in [-0.15, -0.1) is 0 Å². The molecule has 0 unspecified atom stereocenters. The molecule has 226 valence electrons. The quantitative estimate of drug-likeness (QED) is 0.339. The molecule has 0 spiro atoms. The van der Waals surface area contributed by atoms with Crippen molar-refractivity contribution in [3.8, 4) is 5.75 Å². The summed E-state index contributed by atoms with van der Waals surface area (Å²) in [6, 6.07) is 1.11. The molecule has 4 aliphatic rings. The van der Waals surface area contributed by atoms with Crippen LogP contribution in [-0.4, -0.2) is 55.3 Å². The average Bonchev–Trinajstić information content (AvgIpc) is 2.93. The van der Waals surface area contributed by atoms with Crippen molar-refractivity contribution in [3.05, 3.63) is 17.7 Å². The van der Waals surface area contributed by atoms with Crippen LogP contribution in [0.1, 0.15) is 70.8 Å². The SMILES string of the molecule is C[C@H](COc1cc2c(cc1C(F)(F)F)N(C13CCC(F)(CC1)CC3)C[C@@H](CCC(C)(F)F)[C@@H](F)S2(=O)=O)C(=O)O. The van der Waals surface area contributed by atoms with Crippen LogP contribution in [0.5, 0.6) is 5.75 Å². The minimum absolute atomic E-state index is 0.0860. The maximum absolute atomic E-state index is 15.8. The smallest absolute Gasteiger partial charge is 0.420 e. The van der Waals surface area contributed by atoms with Crippen molar-refractivity contribution in [2.45, 2.75) is 98.9 Å². The summed E-state index contributed by atoms with van der Waals surface area (Å²) < 4.78 is 133. The first kappa shape index (κ1) is 30.7. The lowest BCUT2D eigenvalue weighted by Gasteiger charge is -2.56. The molecule has 6 nitrogen and oxygen atoms in total. The van der Waals surface area contributed by atoms with Crippen molar-refractivity contribution >= 4 is 21.5 Å². The van der Waals surface area contributed by atoms with Crippen molar-refractivity contribution in [2.75, 3.05) is 18.1 Å². The molecule has 3 aliphatic carbocycles. The largest absolute Gasteiger partial charge is 0.492 e. The van der Waals surface area contributed by atoms with E-state index < -0.39 is 104 Å². The molecule has 3 atom stereocenters. The second-order valence-electron chi connectivity index (χ2n) is 11.6. The number of anilines is 1.